The average molecular weight is 223 g/mol. The predicted octanol–water partition coefficient (Wildman–Crippen LogP) is 2.79. The van der Waals surface area contributed by atoms with Crippen molar-refractivity contribution < 1.29 is 5.11 Å². The first-order valence-electron chi connectivity index (χ1n) is 4.12. The van der Waals surface area contributed by atoms with Gasteiger partial charge in [0.05, 0.1) is 6.61 Å². The van der Waals surface area contributed by atoms with Gasteiger partial charge in [-0.05, 0) is 27.2 Å². The van der Waals surface area contributed by atoms with Gasteiger partial charge in [0.1, 0.15) is 10.1 Å². The summed E-state index contributed by atoms with van der Waals surface area (Å²) in [6.45, 7) is 3.86. The zero-order chi connectivity index (χ0) is 9.97. The van der Waals surface area contributed by atoms with Crippen LogP contribution in [0.3, 0.4) is 0 Å². The van der Waals surface area contributed by atoms with Gasteiger partial charge in [-0.3, -0.25) is 0 Å². The zero-order valence-electron chi connectivity index (χ0n) is 7.43. The van der Waals surface area contributed by atoms with Crippen LogP contribution in [0.25, 0.3) is 0 Å². The Morgan fingerprint density at radius 1 is 1.21 bits per heavy atom. The summed E-state index contributed by atoms with van der Waals surface area (Å²) in [6, 6.07) is 7.75. The summed E-state index contributed by atoms with van der Waals surface area (Å²) in [5.74, 6) is 0. The number of aliphatic hydroxyl groups is 1. The maximum absolute atomic E-state index is 8.88. The molecule has 72 valence electrons. The van der Waals surface area contributed by atoms with Gasteiger partial charge >= 0.3 is 0 Å². The summed E-state index contributed by atoms with van der Waals surface area (Å²) in [6.07, 6.45) is 0. The lowest BCUT2D eigenvalue weighted by Gasteiger charge is -1.99. The van der Waals surface area contributed by atoms with Gasteiger partial charge in [0.2, 0.25) is 0 Å². The third-order valence-electron chi connectivity index (χ3n) is 1.83. The van der Waals surface area contributed by atoms with E-state index in [0.29, 0.717) is 0 Å². The summed E-state index contributed by atoms with van der Waals surface area (Å²) in [5.41, 5.74) is 2.00. The number of rotatable bonds is 2. The molecule has 2 rings (SSSR count). The van der Waals surface area contributed by atoms with Crippen LogP contribution in [0.1, 0.15) is 11.1 Å². The Hall–Kier alpha value is -0.710. The fourth-order valence-corrected chi connectivity index (χ4v) is 2.88. The van der Waals surface area contributed by atoms with Gasteiger partial charge in [-0.1, -0.05) is 30.8 Å². The van der Waals surface area contributed by atoms with Crippen LogP contribution in [-0.4, -0.2) is 10.2 Å². The molecule has 4 heteroatoms. The lowest BCUT2D eigenvalue weighted by atomic mass is 10.1. The van der Waals surface area contributed by atoms with Crippen LogP contribution >= 0.6 is 21.6 Å². The molecule has 0 saturated carbocycles. The van der Waals surface area contributed by atoms with Crippen molar-refractivity contribution in [2.45, 2.75) is 6.61 Å². The van der Waals surface area contributed by atoms with Crippen molar-refractivity contribution >= 4 is 26.6 Å². The van der Waals surface area contributed by atoms with Crippen molar-refractivity contribution in [3.8, 4) is 0 Å². The first-order chi connectivity index (χ1) is 6.79. The van der Waals surface area contributed by atoms with Gasteiger partial charge in [-0.25, -0.2) is 4.99 Å². The van der Waals surface area contributed by atoms with E-state index in [4.69, 9.17) is 5.11 Å². The minimum Gasteiger partial charge on any atom is -0.392 e. The summed E-state index contributed by atoms with van der Waals surface area (Å²) < 4.78 is 0. The maximum atomic E-state index is 8.88. The van der Waals surface area contributed by atoms with Crippen molar-refractivity contribution in [3.05, 3.63) is 47.0 Å². The molecular weight excluding hydrogens is 214 g/mol. The molecule has 0 amide bonds. The molecule has 1 N–H and O–H groups in total. The summed E-state index contributed by atoms with van der Waals surface area (Å²) in [5, 5.41) is 10.7. The summed E-state index contributed by atoms with van der Waals surface area (Å²) in [7, 11) is 3.20. The monoisotopic (exact) mass is 223 g/mol. The molecule has 0 bridgehead atoms. The molecule has 2 nitrogen and oxygen atoms in total. The highest BCUT2D eigenvalue weighted by Crippen LogP contribution is 2.40. The van der Waals surface area contributed by atoms with Gasteiger partial charge in [-0.15, -0.1) is 0 Å². The highest BCUT2D eigenvalue weighted by atomic mass is 33.1. The Labute approximate surface area is 90.5 Å². The van der Waals surface area contributed by atoms with Gasteiger partial charge in [0.25, 0.3) is 0 Å². The fourth-order valence-electron chi connectivity index (χ4n) is 1.10. The highest BCUT2D eigenvalue weighted by molar-refractivity contribution is 8.84. The van der Waals surface area contributed by atoms with E-state index in [9.17, 15) is 0 Å². The first-order valence-corrected chi connectivity index (χ1v) is 6.27. The van der Waals surface area contributed by atoms with E-state index >= 15 is 0 Å². The third kappa shape index (κ3) is 2.03. The third-order valence-corrected chi connectivity index (χ3v) is 3.98. The average Bonchev–Trinajstić information content (AvgIpc) is 2.65. The molecule has 0 atom stereocenters. The van der Waals surface area contributed by atoms with Gasteiger partial charge in [0, 0.05) is 5.56 Å². The largest absolute Gasteiger partial charge is 0.392 e. The number of nitrogens with zero attached hydrogens (tertiary/aromatic N) is 1. The van der Waals surface area contributed by atoms with Crippen LogP contribution < -0.4 is 0 Å². The Balaban J connectivity index is 2.25. The van der Waals surface area contributed by atoms with Crippen molar-refractivity contribution in [3.63, 3.8) is 0 Å². The van der Waals surface area contributed by atoms with Crippen LogP contribution in [0.4, 0.5) is 0 Å². The minimum absolute atomic E-state index is 0.0847. The standard InChI is InChI=1S/C10H9NOS2/c1-7-11-10(14-13-7)9-4-2-8(6-12)3-5-9/h2-5,12H,1,6H2. The second kappa shape index (κ2) is 4.21. The zero-order valence-corrected chi connectivity index (χ0v) is 9.07. The van der Waals surface area contributed by atoms with Crippen molar-refractivity contribution in [1.82, 2.24) is 0 Å². The molecule has 1 heterocycles. The van der Waals surface area contributed by atoms with E-state index in [1.165, 1.54) is 0 Å². The smallest absolute Gasteiger partial charge is 0.115 e. The molecule has 1 aliphatic rings. The van der Waals surface area contributed by atoms with Crippen molar-refractivity contribution in [2.24, 2.45) is 4.99 Å². The van der Waals surface area contributed by atoms with E-state index < -0.39 is 0 Å². The molecule has 1 aromatic rings. The molecule has 0 aromatic heterocycles. The molecule has 1 aliphatic heterocycles. The molecule has 14 heavy (non-hydrogen) atoms. The van der Waals surface area contributed by atoms with E-state index in [-0.39, 0.29) is 6.61 Å². The van der Waals surface area contributed by atoms with E-state index in [1.807, 2.05) is 24.3 Å². The molecule has 0 saturated heterocycles. The first kappa shape index (κ1) is 9.83. The predicted molar refractivity (Wildman–Crippen MR) is 63.2 cm³/mol. The Morgan fingerprint density at radius 2 is 1.93 bits per heavy atom. The topological polar surface area (TPSA) is 32.6 Å². The molecule has 0 radical (unpaired) electrons. The molecule has 0 fully saturated rings. The molecule has 0 unspecified atom stereocenters. The van der Waals surface area contributed by atoms with Crippen LogP contribution in [0, 0.1) is 0 Å². The van der Waals surface area contributed by atoms with E-state index in [2.05, 4.69) is 11.6 Å². The Morgan fingerprint density at radius 3 is 2.43 bits per heavy atom. The lowest BCUT2D eigenvalue weighted by Crippen LogP contribution is -1.91. The number of hydrogen-bond acceptors (Lipinski definition) is 4. The summed E-state index contributed by atoms with van der Waals surface area (Å²) >= 11 is 0. The number of benzene rings is 1. The number of aliphatic imine (C=N–C) groups is 1. The van der Waals surface area contributed by atoms with E-state index in [0.717, 1.165) is 21.2 Å². The normalized spacial score (nSPS) is 15.8. The Kier molecular flexibility index (Phi) is 2.96. The molecular formula is C10H9NOS2. The van der Waals surface area contributed by atoms with Crippen LogP contribution in [0.5, 0.6) is 0 Å². The quantitative estimate of drug-likeness (QED) is 0.782. The molecule has 0 spiro atoms. The molecule has 1 aromatic carbocycles. The van der Waals surface area contributed by atoms with Gasteiger partial charge < -0.3 is 5.11 Å². The van der Waals surface area contributed by atoms with Crippen LogP contribution in [0.2, 0.25) is 0 Å². The highest BCUT2D eigenvalue weighted by Gasteiger charge is 2.13. The number of aliphatic hydroxyl groups excluding tert-OH is 1. The summed E-state index contributed by atoms with van der Waals surface area (Å²) in [4.78, 5) is 4.30. The van der Waals surface area contributed by atoms with Gasteiger partial charge in [0.15, 0.2) is 0 Å². The molecule has 0 aliphatic carbocycles. The van der Waals surface area contributed by atoms with E-state index in [1.54, 1.807) is 21.6 Å². The maximum Gasteiger partial charge on any atom is 0.115 e. The van der Waals surface area contributed by atoms with Crippen molar-refractivity contribution in [1.29, 1.82) is 0 Å². The number of hydrogen-bond donors (Lipinski definition) is 1. The van der Waals surface area contributed by atoms with Crippen LogP contribution in [-0.2, 0) is 6.61 Å². The lowest BCUT2D eigenvalue weighted by molar-refractivity contribution is 0.282. The van der Waals surface area contributed by atoms with Crippen LogP contribution in [0.15, 0.2) is 40.9 Å². The fraction of sp³-hybridized carbons (Fsp3) is 0.100. The SMILES string of the molecule is C=C1N=C(c2ccc(CO)cc2)SS1. The Bertz CT molecular complexity index is 384. The minimum atomic E-state index is 0.0847. The van der Waals surface area contributed by atoms with Gasteiger partial charge in [-0.2, -0.15) is 0 Å². The second-order valence-electron chi connectivity index (χ2n) is 2.83. The second-order valence-corrected chi connectivity index (χ2v) is 5.02. The van der Waals surface area contributed by atoms with Crippen molar-refractivity contribution in [2.75, 3.05) is 0 Å².